The number of rotatable bonds is 6. The highest BCUT2D eigenvalue weighted by molar-refractivity contribution is 6.06. The lowest BCUT2D eigenvalue weighted by molar-refractivity contribution is 0.102. The molecule has 5 heteroatoms. The number of methoxy groups -OCH3 is 2. The van der Waals surface area contributed by atoms with Crippen LogP contribution in [0.3, 0.4) is 0 Å². The Morgan fingerprint density at radius 3 is 2.30 bits per heavy atom. The second-order valence-corrected chi connectivity index (χ2v) is 4.89. The topological polar surface area (TPSA) is 56.8 Å². The lowest BCUT2D eigenvalue weighted by Crippen LogP contribution is -2.14. The molecule has 1 amide bonds. The molecule has 2 aromatic rings. The molecule has 2 rings (SSSR count). The Bertz CT molecular complexity index is 680. The molecule has 0 aliphatic rings. The van der Waals surface area contributed by atoms with E-state index in [9.17, 15) is 4.79 Å². The lowest BCUT2D eigenvalue weighted by Gasteiger charge is -2.14. The maximum absolute atomic E-state index is 12.5. The molecule has 122 valence electrons. The van der Waals surface area contributed by atoms with Gasteiger partial charge in [-0.3, -0.25) is 4.79 Å². The molecule has 0 saturated carbocycles. The minimum absolute atomic E-state index is 0.239. The smallest absolute Gasteiger partial charge is 0.259 e. The van der Waals surface area contributed by atoms with Crippen molar-refractivity contribution in [3.8, 4) is 17.2 Å². The number of hydrogen-bond acceptors (Lipinski definition) is 4. The molecule has 0 heterocycles. The van der Waals surface area contributed by atoms with Crippen LogP contribution in [0.2, 0.25) is 0 Å². The van der Waals surface area contributed by atoms with Gasteiger partial charge in [-0.2, -0.15) is 0 Å². The van der Waals surface area contributed by atoms with E-state index in [1.807, 2.05) is 26.0 Å². The number of anilines is 1. The van der Waals surface area contributed by atoms with E-state index in [-0.39, 0.29) is 5.91 Å². The van der Waals surface area contributed by atoms with Crippen molar-refractivity contribution in [2.45, 2.75) is 13.8 Å². The van der Waals surface area contributed by atoms with Gasteiger partial charge in [0.15, 0.2) is 0 Å². The number of hydrogen-bond donors (Lipinski definition) is 1. The Labute approximate surface area is 136 Å². The molecule has 0 aliphatic carbocycles. The predicted molar refractivity (Wildman–Crippen MR) is 89.8 cm³/mol. The van der Waals surface area contributed by atoms with Gasteiger partial charge >= 0.3 is 0 Å². The van der Waals surface area contributed by atoms with E-state index in [1.54, 1.807) is 31.4 Å². The van der Waals surface area contributed by atoms with Gasteiger partial charge in [0, 0.05) is 11.3 Å². The average Bonchev–Trinajstić information content (AvgIpc) is 2.56. The lowest BCUT2D eigenvalue weighted by atomic mass is 10.1. The largest absolute Gasteiger partial charge is 0.496 e. The summed E-state index contributed by atoms with van der Waals surface area (Å²) in [5, 5.41) is 2.85. The second-order valence-electron chi connectivity index (χ2n) is 4.89. The summed E-state index contributed by atoms with van der Waals surface area (Å²) in [6, 6.07) is 10.7. The number of carbonyl (C=O) groups excluding carboxylic acids is 1. The third-order valence-electron chi connectivity index (χ3n) is 3.45. The molecule has 5 nitrogen and oxygen atoms in total. The van der Waals surface area contributed by atoms with E-state index < -0.39 is 0 Å². The van der Waals surface area contributed by atoms with Crippen molar-refractivity contribution in [3.63, 3.8) is 0 Å². The quantitative estimate of drug-likeness (QED) is 0.884. The Kier molecular flexibility index (Phi) is 5.46. The van der Waals surface area contributed by atoms with Gasteiger partial charge in [-0.25, -0.2) is 0 Å². The fraction of sp³-hybridized carbons (Fsp3) is 0.278. The first-order valence-corrected chi connectivity index (χ1v) is 7.36. The Hall–Kier alpha value is -2.69. The fourth-order valence-corrected chi connectivity index (χ4v) is 2.34. The number of amides is 1. The number of nitrogens with one attached hydrogen (secondary N) is 1. The van der Waals surface area contributed by atoms with Crippen LogP contribution in [-0.2, 0) is 0 Å². The van der Waals surface area contributed by atoms with Crippen molar-refractivity contribution >= 4 is 11.6 Å². The maximum atomic E-state index is 12.5. The zero-order valence-corrected chi connectivity index (χ0v) is 13.8. The van der Waals surface area contributed by atoms with Gasteiger partial charge < -0.3 is 19.5 Å². The molecule has 2 aromatic carbocycles. The first-order valence-electron chi connectivity index (χ1n) is 7.36. The van der Waals surface area contributed by atoms with E-state index in [0.717, 1.165) is 11.3 Å². The zero-order chi connectivity index (χ0) is 16.8. The molecule has 0 spiro atoms. The first kappa shape index (κ1) is 16.7. The summed E-state index contributed by atoms with van der Waals surface area (Å²) in [4.78, 5) is 12.5. The van der Waals surface area contributed by atoms with Crippen LogP contribution in [0.25, 0.3) is 0 Å². The number of benzene rings is 2. The molecule has 0 radical (unpaired) electrons. The minimum Gasteiger partial charge on any atom is -0.496 e. The van der Waals surface area contributed by atoms with Crippen LogP contribution in [-0.4, -0.2) is 26.7 Å². The van der Waals surface area contributed by atoms with Crippen LogP contribution in [0, 0.1) is 6.92 Å². The summed E-state index contributed by atoms with van der Waals surface area (Å²) in [6.45, 7) is 4.38. The zero-order valence-electron chi connectivity index (χ0n) is 13.8. The standard InChI is InChI=1S/C18H21NO4/c1-5-23-14-8-6-13(7-9-14)19-18(20)15-10-11-16(21-3)12(2)17(15)22-4/h6-11H,5H2,1-4H3,(H,19,20). The van der Waals surface area contributed by atoms with Crippen molar-refractivity contribution in [2.75, 3.05) is 26.1 Å². The van der Waals surface area contributed by atoms with Gasteiger partial charge in [-0.15, -0.1) is 0 Å². The van der Waals surface area contributed by atoms with Crippen molar-refractivity contribution in [2.24, 2.45) is 0 Å². The van der Waals surface area contributed by atoms with Gasteiger partial charge in [0.05, 0.1) is 26.4 Å². The van der Waals surface area contributed by atoms with E-state index in [0.29, 0.717) is 29.4 Å². The van der Waals surface area contributed by atoms with Crippen molar-refractivity contribution in [1.82, 2.24) is 0 Å². The second kappa shape index (κ2) is 7.54. The first-order chi connectivity index (χ1) is 11.1. The van der Waals surface area contributed by atoms with Crippen LogP contribution >= 0.6 is 0 Å². The third kappa shape index (κ3) is 3.74. The van der Waals surface area contributed by atoms with Gasteiger partial charge in [0.1, 0.15) is 17.2 Å². The van der Waals surface area contributed by atoms with Crippen molar-refractivity contribution in [3.05, 3.63) is 47.5 Å². The predicted octanol–water partition coefficient (Wildman–Crippen LogP) is 3.66. The highest BCUT2D eigenvalue weighted by Gasteiger charge is 2.17. The average molecular weight is 315 g/mol. The normalized spacial score (nSPS) is 10.1. The summed E-state index contributed by atoms with van der Waals surface area (Å²) < 4.78 is 16.0. The van der Waals surface area contributed by atoms with Crippen LogP contribution in [0.4, 0.5) is 5.69 Å². The molecule has 0 bridgehead atoms. The molecule has 0 unspecified atom stereocenters. The summed E-state index contributed by atoms with van der Waals surface area (Å²) in [6.07, 6.45) is 0. The molecule has 0 aliphatic heterocycles. The van der Waals surface area contributed by atoms with Crippen LogP contribution in [0.5, 0.6) is 17.2 Å². The molecular weight excluding hydrogens is 294 g/mol. The molecule has 1 N–H and O–H groups in total. The minimum atomic E-state index is -0.239. The number of carbonyl (C=O) groups is 1. The Morgan fingerprint density at radius 1 is 1.04 bits per heavy atom. The Morgan fingerprint density at radius 2 is 1.74 bits per heavy atom. The SMILES string of the molecule is CCOc1ccc(NC(=O)c2ccc(OC)c(C)c2OC)cc1. The van der Waals surface area contributed by atoms with Gasteiger partial charge in [-0.1, -0.05) is 0 Å². The van der Waals surface area contributed by atoms with Gasteiger partial charge in [-0.05, 0) is 50.2 Å². The molecule has 0 aromatic heterocycles. The number of ether oxygens (including phenoxy) is 3. The monoisotopic (exact) mass is 315 g/mol. The van der Waals surface area contributed by atoms with Crippen LogP contribution in [0.1, 0.15) is 22.8 Å². The molecule has 0 fully saturated rings. The fourth-order valence-electron chi connectivity index (χ4n) is 2.34. The highest BCUT2D eigenvalue weighted by Crippen LogP contribution is 2.31. The molecule has 0 atom stereocenters. The molecule has 23 heavy (non-hydrogen) atoms. The summed E-state index contributed by atoms with van der Waals surface area (Å²) in [5.41, 5.74) is 1.93. The van der Waals surface area contributed by atoms with Crippen LogP contribution in [0.15, 0.2) is 36.4 Å². The summed E-state index contributed by atoms with van der Waals surface area (Å²) in [5.74, 6) is 1.72. The van der Waals surface area contributed by atoms with E-state index in [1.165, 1.54) is 7.11 Å². The third-order valence-corrected chi connectivity index (χ3v) is 3.45. The van der Waals surface area contributed by atoms with E-state index in [2.05, 4.69) is 5.32 Å². The van der Waals surface area contributed by atoms with Crippen LogP contribution < -0.4 is 19.5 Å². The molecular formula is C18H21NO4. The van der Waals surface area contributed by atoms with Gasteiger partial charge in [0.2, 0.25) is 0 Å². The van der Waals surface area contributed by atoms with Crippen molar-refractivity contribution < 1.29 is 19.0 Å². The van der Waals surface area contributed by atoms with Gasteiger partial charge in [0.25, 0.3) is 5.91 Å². The Balaban J connectivity index is 2.22. The summed E-state index contributed by atoms with van der Waals surface area (Å²) in [7, 11) is 3.12. The maximum Gasteiger partial charge on any atom is 0.259 e. The molecule has 0 saturated heterocycles. The van der Waals surface area contributed by atoms with E-state index >= 15 is 0 Å². The summed E-state index contributed by atoms with van der Waals surface area (Å²) >= 11 is 0. The highest BCUT2D eigenvalue weighted by atomic mass is 16.5. The van der Waals surface area contributed by atoms with E-state index in [4.69, 9.17) is 14.2 Å². The van der Waals surface area contributed by atoms with Crippen molar-refractivity contribution in [1.29, 1.82) is 0 Å².